The van der Waals surface area contributed by atoms with Crippen LogP contribution in [-0.4, -0.2) is 32.3 Å². The van der Waals surface area contributed by atoms with Crippen molar-refractivity contribution >= 4 is 5.91 Å². The van der Waals surface area contributed by atoms with Crippen molar-refractivity contribution < 1.29 is 19.0 Å². The van der Waals surface area contributed by atoms with Crippen molar-refractivity contribution in [2.75, 3.05) is 20.8 Å². The minimum Gasteiger partial charge on any atom is -0.496 e. The van der Waals surface area contributed by atoms with Gasteiger partial charge in [-0.15, -0.1) is 0 Å². The van der Waals surface area contributed by atoms with E-state index in [2.05, 4.69) is 26.1 Å². The van der Waals surface area contributed by atoms with E-state index in [9.17, 15) is 4.79 Å². The Kier molecular flexibility index (Phi) is 6.30. The third-order valence-corrected chi connectivity index (χ3v) is 3.14. The van der Waals surface area contributed by atoms with Crippen LogP contribution in [0.25, 0.3) is 0 Å². The molecule has 5 nitrogen and oxygen atoms in total. The maximum atomic E-state index is 12.1. The minimum atomic E-state index is -0.287. The SMILES string of the molecule is COc1cc(OC)cc(OCC(=O)NC(C)(C)CC(C)(C)C)c1. The lowest BCUT2D eigenvalue weighted by Crippen LogP contribution is -2.47. The second-order valence-corrected chi connectivity index (χ2v) is 7.51. The van der Waals surface area contributed by atoms with Crippen molar-refractivity contribution in [2.45, 2.75) is 46.6 Å². The van der Waals surface area contributed by atoms with Crippen molar-refractivity contribution in [1.82, 2.24) is 5.32 Å². The van der Waals surface area contributed by atoms with E-state index in [0.717, 1.165) is 6.42 Å². The van der Waals surface area contributed by atoms with Crippen LogP contribution in [0.4, 0.5) is 0 Å². The smallest absolute Gasteiger partial charge is 0.258 e. The number of rotatable bonds is 7. The molecule has 0 bridgehead atoms. The molecule has 1 aromatic carbocycles. The van der Waals surface area contributed by atoms with Crippen LogP contribution in [0, 0.1) is 5.41 Å². The molecule has 1 amide bonds. The molecule has 0 radical (unpaired) electrons. The maximum Gasteiger partial charge on any atom is 0.258 e. The number of carbonyl (C=O) groups is 1. The topological polar surface area (TPSA) is 56.8 Å². The standard InChI is InChI=1S/C18H29NO4/c1-17(2,3)12-18(4,5)19-16(20)11-23-15-9-13(21-6)8-14(10-15)22-7/h8-10H,11-12H2,1-7H3,(H,19,20). The summed E-state index contributed by atoms with van der Waals surface area (Å²) >= 11 is 0. The molecule has 0 spiro atoms. The summed E-state index contributed by atoms with van der Waals surface area (Å²) in [5.41, 5.74) is -0.150. The predicted molar refractivity (Wildman–Crippen MR) is 91.3 cm³/mol. The summed E-state index contributed by atoms with van der Waals surface area (Å²) in [5, 5.41) is 3.01. The molecule has 1 aromatic rings. The van der Waals surface area contributed by atoms with Crippen LogP contribution in [0.1, 0.15) is 41.0 Å². The molecule has 0 saturated heterocycles. The molecular weight excluding hydrogens is 294 g/mol. The van der Waals surface area contributed by atoms with E-state index in [1.165, 1.54) is 0 Å². The lowest BCUT2D eigenvalue weighted by Gasteiger charge is -2.33. The van der Waals surface area contributed by atoms with Gasteiger partial charge in [0.1, 0.15) is 17.2 Å². The van der Waals surface area contributed by atoms with Crippen molar-refractivity contribution in [3.8, 4) is 17.2 Å². The zero-order chi connectivity index (χ0) is 17.7. The Labute approximate surface area is 139 Å². The summed E-state index contributed by atoms with van der Waals surface area (Å²) in [5.74, 6) is 1.62. The van der Waals surface area contributed by atoms with Gasteiger partial charge in [0.05, 0.1) is 14.2 Å². The highest BCUT2D eigenvalue weighted by Gasteiger charge is 2.27. The van der Waals surface area contributed by atoms with Gasteiger partial charge in [0.25, 0.3) is 5.91 Å². The van der Waals surface area contributed by atoms with Crippen molar-refractivity contribution in [1.29, 1.82) is 0 Å². The first-order valence-corrected chi connectivity index (χ1v) is 7.71. The number of nitrogens with one attached hydrogen (secondary N) is 1. The number of methoxy groups -OCH3 is 2. The van der Waals surface area contributed by atoms with Crippen LogP contribution < -0.4 is 19.5 Å². The molecular formula is C18H29NO4. The highest BCUT2D eigenvalue weighted by molar-refractivity contribution is 5.78. The number of amides is 1. The largest absolute Gasteiger partial charge is 0.496 e. The third kappa shape index (κ3) is 7.26. The fraction of sp³-hybridized carbons (Fsp3) is 0.611. The number of benzene rings is 1. The molecule has 1 N–H and O–H groups in total. The van der Waals surface area contributed by atoms with E-state index >= 15 is 0 Å². The fourth-order valence-corrected chi connectivity index (χ4v) is 2.80. The fourth-order valence-electron chi connectivity index (χ4n) is 2.80. The molecule has 0 aliphatic carbocycles. The van der Waals surface area contributed by atoms with E-state index in [1.807, 2.05) is 13.8 Å². The summed E-state index contributed by atoms with van der Waals surface area (Å²) in [4.78, 5) is 12.1. The Balaban J connectivity index is 2.62. The molecule has 5 heteroatoms. The molecule has 0 heterocycles. The first-order valence-electron chi connectivity index (χ1n) is 7.71. The molecule has 0 aliphatic heterocycles. The van der Waals surface area contributed by atoms with Crippen molar-refractivity contribution in [3.63, 3.8) is 0 Å². The second kappa shape index (κ2) is 7.57. The van der Waals surface area contributed by atoms with Gasteiger partial charge in [-0.25, -0.2) is 0 Å². The molecule has 0 fully saturated rings. The van der Waals surface area contributed by atoms with E-state index < -0.39 is 0 Å². The summed E-state index contributed by atoms with van der Waals surface area (Å²) in [6.07, 6.45) is 0.874. The minimum absolute atomic E-state index is 0.0517. The van der Waals surface area contributed by atoms with E-state index in [0.29, 0.717) is 17.2 Å². The predicted octanol–water partition coefficient (Wildman–Crippen LogP) is 3.41. The molecule has 0 aliphatic rings. The first-order chi connectivity index (χ1) is 10.5. The molecule has 0 saturated carbocycles. The van der Waals surface area contributed by atoms with Gasteiger partial charge >= 0.3 is 0 Å². The van der Waals surface area contributed by atoms with E-state index in [-0.39, 0.29) is 23.5 Å². The Hall–Kier alpha value is -1.91. The van der Waals surface area contributed by atoms with Gasteiger partial charge < -0.3 is 19.5 Å². The normalized spacial score (nSPS) is 11.8. The van der Waals surface area contributed by atoms with Crippen LogP contribution in [0.3, 0.4) is 0 Å². The number of carbonyl (C=O) groups excluding carboxylic acids is 1. The summed E-state index contributed by atoms with van der Waals surface area (Å²) in [7, 11) is 3.14. The Morgan fingerprint density at radius 2 is 1.43 bits per heavy atom. The molecule has 0 unspecified atom stereocenters. The molecule has 130 valence electrons. The van der Waals surface area contributed by atoms with Crippen LogP contribution in [0.2, 0.25) is 0 Å². The average Bonchev–Trinajstić information content (AvgIpc) is 2.41. The van der Waals surface area contributed by atoms with E-state index in [1.54, 1.807) is 32.4 Å². The summed E-state index contributed by atoms with van der Waals surface area (Å²) in [6, 6.07) is 5.19. The highest BCUT2D eigenvalue weighted by atomic mass is 16.5. The van der Waals surface area contributed by atoms with Gasteiger partial charge in [-0.2, -0.15) is 0 Å². The van der Waals surface area contributed by atoms with Crippen LogP contribution in [0.15, 0.2) is 18.2 Å². The molecule has 1 rings (SSSR count). The first kappa shape index (κ1) is 19.1. The van der Waals surface area contributed by atoms with Crippen molar-refractivity contribution in [3.05, 3.63) is 18.2 Å². The Morgan fingerprint density at radius 1 is 0.957 bits per heavy atom. The van der Waals surface area contributed by atoms with Gasteiger partial charge in [0.15, 0.2) is 6.61 Å². The lowest BCUT2D eigenvalue weighted by atomic mass is 9.82. The van der Waals surface area contributed by atoms with Crippen LogP contribution >= 0.6 is 0 Å². The zero-order valence-corrected chi connectivity index (χ0v) is 15.3. The monoisotopic (exact) mass is 323 g/mol. The molecule has 23 heavy (non-hydrogen) atoms. The lowest BCUT2D eigenvalue weighted by molar-refractivity contribution is -0.125. The zero-order valence-electron chi connectivity index (χ0n) is 15.3. The van der Waals surface area contributed by atoms with E-state index in [4.69, 9.17) is 14.2 Å². The van der Waals surface area contributed by atoms with Crippen LogP contribution in [0.5, 0.6) is 17.2 Å². The Morgan fingerprint density at radius 3 is 1.87 bits per heavy atom. The van der Waals surface area contributed by atoms with Gasteiger partial charge in [0.2, 0.25) is 0 Å². The van der Waals surface area contributed by atoms with Crippen molar-refractivity contribution in [2.24, 2.45) is 5.41 Å². The molecule has 0 atom stereocenters. The Bertz CT molecular complexity index is 510. The number of ether oxygens (including phenoxy) is 3. The number of hydrogen-bond donors (Lipinski definition) is 1. The highest BCUT2D eigenvalue weighted by Crippen LogP contribution is 2.28. The second-order valence-electron chi connectivity index (χ2n) is 7.51. The average molecular weight is 323 g/mol. The van der Waals surface area contributed by atoms with Gasteiger partial charge in [-0.1, -0.05) is 20.8 Å². The summed E-state index contributed by atoms with van der Waals surface area (Å²) < 4.78 is 15.9. The number of hydrogen-bond acceptors (Lipinski definition) is 4. The quantitative estimate of drug-likeness (QED) is 0.835. The van der Waals surface area contributed by atoms with Gasteiger partial charge in [-0.3, -0.25) is 4.79 Å². The maximum absolute atomic E-state index is 12.1. The van der Waals surface area contributed by atoms with Gasteiger partial charge in [-0.05, 0) is 25.7 Å². The third-order valence-electron chi connectivity index (χ3n) is 3.14. The van der Waals surface area contributed by atoms with Gasteiger partial charge in [0, 0.05) is 23.7 Å². The van der Waals surface area contributed by atoms with Crippen LogP contribution in [-0.2, 0) is 4.79 Å². The molecule has 0 aromatic heterocycles. The summed E-state index contributed by atoms with van der Waals surface area (Å²) in [6.45, 7) is 10.4.